The van der Waals surface area contributed by atoms with Crippen molar-refractivity contribution in [3.63, 3.8) is 0 Å². The molecule has 1 fully saturated rings. The van der Waals surface area contributed by atoms with Gasteiger partial charge in [0.2, 0.25) is 5.91 Å². The number of hydrogen-bond acceptors (Lipinski definition) is 4. The van der Waals surface area contributed by atoms with Gasteiger partial charge in [0, 0.05) is 18.8 Å². The van der Waals surface area contributed by atoms with E-state index in [0.717, 1.165) is 42.6 Å². The number of aryl methyl sites for hydroxylation is 3. The quantitative estimate of drug-likeness (QED) is 0.809. The highest BCUT2D eigenvalue weighted by Crippen LogP contribution is 2.24. The number of benzene rings is 1. The van der Waals surface area contributed by atoms with Gasteiger partial charge in [-0.3, -0.25) is 9.36 Å². The molecule has 5 nitrogen and oxygen atoms in total. The van der Waals surface area contributed by atoms with Crippen LogP contribution in [0.2, 0.25) is 0 Å². The highest BCUT2D eigenvalue weighted by molar-refractivity contribution is 7.99. The van der Waals surface area contributed by atoms with Crippen LogP contribution in [0.3, 0.4) is 0 Å². The molecular formula is C17H22N4OS. The minimum Gasteiger partial charge on any atom is -0.342 e. The summed E-state index contributed by atoms with van der Waals surface area (Å²) in [5.74, 6) is 1.45. The summed E-state index contributed by atoms with van der Waals surface area (Å²) in [5.41, 5.74) is 3.55. The third-order valence-electron chi connectivity index (χ3n) is 4.33. The Bertz CT molecular complexity index is 719. The lowest BCUT2D eigenvalue weighted by Gasteiger charge is -2.15. The summed E-state index contributed by atoms with van der Waals surface area (Å²) in [4.78, 5) is 14.2. The summed E-state index contributed by atoms with van der Waals surface area (Å²) in [5, 5.41) is 9.21. The number of nitrogens with zero attached hydrogens (tertiary/aromatic N) is 4. The van der Waals surface area contributed by atoms with Gasteiger partial charge in [0.15, 0.2) is 5.16 Å². The maximum Gasteiger partial charge on any atom is 0.233 e. The molecule has 0 aliphatic carbocycles. The van der Waals surface area contributed by atoms with Crippen LogP contribution in [-0.2, 0) is 4.79 Å². The Balaban J connectivity index is 1.78. The summed E-state index contributed by atoms with van der Waals surface area (Å²) in [7, 11) is 0. The van der Waals surface area contributed by atoms with E-state index in [1.165, 1.54) is 22.9 Å². The van der Waals surface area contributed by atoms with Gasteiger partial charge in [-0.1, -0.05) is 17.8 Å². The molecule has 0 radical (unpaired) electrons. The van der Waals surface area contributed by atoms with Crippen LogP contribution in [0.25, 0.3) is 5.69 Å². The van der Waals surface area contributed by atoms with E-state index in [1.54, 1.807) is 0 Å². The second-order valence-electron chi connectivity index (χ2n) is 6.01. The van der Waals surface area contributed by atoms with Crippen molar-refractivity contribution in [1.29, 1.82) is 0 Å². The molecule has 0 unspecified atom stereocenters. The Kier molecular flexibility index (Phi) is 4.71. The average Bonchev–Trinajstić information content (AvgIpc) is 3.18. The van der Waals surface area contributed by atoms with Crippen LogP contribution in [0, 0.1) is 20.8 Å². The first kappa shape index (κ1) is 16.1. The molecule has 2 aromatic rings. The van der Waals surface area contributed by atoms with Crippen LogP contribution < -0.4 is 0 Å². The van der Waals surface area contributed by atoms with Crippen LogP contribution in [0.4, 0.5) is 0 Å². The lowest BCUT2D eigenvalue weighted by Crippen LogP contribution is -2.29. The minimum absolute atomic E-state index is 0.194. The van der Waals surface area contributed by atoms with Crippen molar-refractivity contribution in [1.82, 2.24) is 19.7 Å². The molecular weight excluding hydrogens is 308 g/mol. The summed E-state index contributed by atoms with van der Waals surface area (Å²) < 4.78 is 2.02. The topological polar surface area (TPSA) is 51.0 Å². The Hall–Kier alpha value is -1.82. The van der Waals surface area contributed by atoms with E-state index >= 15 is 0 Å². The molecule has 0 saturated carbocycles. The molecule has 1 aliphatic rings. The maximum absolute atomic E-state index is 12.2. The first-order chi connectivity index (χ1) is 11.1. The van der Waals surface area contributed by atoms with Gasteiger partial charge in [0.25, 0.3) is 0 Å². The Morgan fingerprint density at radius 2 is 1.87 bits per heavy atom. The van der Waals surface area contributed by atoms with E-state index in [-0.39, 0.29) is 5.91 Å². The average molecular weight is 330 g/mol. The smallest absolute Gasteiger partial charge is 0.233 e. The largest absolute Gasteiger partial charge is 0.342 e. The Morgan fingerprint density at radius 3 is 2.57 bits per heavy atom. The number of likely N-dealkylation sites (tertiary alicyclic amines) is 1. The molecule has 1 amide bonds. The second kappa shape index (κ2) is 6.74. The van der Waals surface area contributed by atoms with Gasteiger partial charge in [-0.2, -0.15) is 0 Å². The van der Waals surface area contributed by atoms with E-state index in [9.17, 15) is 4.79 Å². The number of hydrogen-bond donors (Lipinski definition) is 0. The summed E-state index contributed by atoms with van der Waals surface area (Å²) in [6, 6.07) is 6.32. The second-order valence-corrected chi connectivity index (χ2v) is 6.95. The third-order valence-corrected chi connectivity index (χ3v) is 5.24. The van der Waals surface area contributed by atoms with Gasteiger partial charge in [-0.15, -0.1) is 10.2 Å². The number of rotatable bonds is 4. The van der Waals surface area contributed by atoms with Crippen molar-refractivity contribution < 1.29 is 4.79 Å². The molecule has 1 aromatic carbocycles. The lowest BCUT2D eigenvalue weighted by atomic mass is 10.1. The van der Waals surface area contributed by atoms with Crippen molar-refractivity contribution in [2.45, 2.75) is 38.8 Å². The predicted molar refractivity (Wildman–Crippen MR) is 92.1 cm³/mol. The zero-order valence-corrected chi connectivity index (χ0v) is 14.7. The molecule has 0 N–H and O–H groups in total. The SMILES string of the molecule is Cc1ccc(-n2c(C)nnc2SCC(=O)N2CCCC2)cc1C. The van der Waals surface area contributed by atoms with Gasteiger partial charge in [-0.05, 0) is 56.9 Å². The van der Waals surface area contributed by atoms with Crippen molar-refractivity contribution >= 4 is 17.7 Å². The van der Waals surface area contributed by atoms with E-state index in [2.05, 4.69) is 42.2 Å². The van der Waals surface area contributed by atoms with Gasteiger partial charge in [-0.25, -0.2) is 0 Å². The van der Waals surface area contributed by atoms with Gasteiger partial charge >= 0.3 is 0 Å². The van der Waals surface area contributed by atoms with Crippen LogP contribution in [0.1, 0.15) is 29.8 Å². The Morgan fingerprint density at radius 1 is 1.13 bits per heavy atom. The van der Waals surface area contributed by atoms with Crippen molar-refractivity contribution in [3.8, 4) is 5.69 Å². The van der Waals surface area contributed by atoms with Crippen molar-refractivity contribution in [2.24, 2.45) is 0 Å². The fourth-order valence-electron chi connectivity index (χ4n) is 2.78. The molecule has 2 heterocycles. The van der Waals surface area contributed by atoms with E-state index in [1.807, 2.05) is 16.4 Å². The lowest BCUT2D eigenvalue weighted by molar-refractivity contribution is -0.127. The van der Waals surface area contributed by atoms with Crippen molar-refractivity contribution in [3.05, 3.63) is 35.2 Å². The number of thioether (sulfide) groups is 1. The molecule has 0 spiro atoms. The first-order valence-corrected chi connectivity index (χ1v) is 8.95. The molecule has 1 aromatic heterocycles. The molecule has 1 saturated heterocycles. The minimum atomic E-state index is 0.194. The zero-order valence-electron chi connectivity index (χ0n) is 13.9. The number of carbonyl (C=O) groups is 1. The van der Waals surface area contributed by atoms with Gasteiger partial charge in [0.1, 0.15) is 5.82 Å². The standard InChI is InChI=1S/C17H22N4OS/c1-12-6-7-15(10-13(12)2)21-14(3)18-19-17(21)23-11-16(22)20-8-4-5-9-20/h6-7,10H,4-5,8-9,11H2,1-3H3. The van der Waals surface area contributed by atoms with E-state index in [0.29, 0.717) is 5.75 Å². The van der Waals surface area contributed by atoms with Gasteiger partial charge < -0.3 is 4.90 Å². The fourth-order valence-corrected chi connectivity index (χ4v) is 3.68. The van der Waals surface area contributed by atoms with Crippen LogP contribution >= 0.6 is 11.8 Å². The molecule has 1 aliphatic heterocycles. The molecule has 6 heteroatoms. The monoisotopic (exact) mass is 330 g/mol. The number of aromatic nitrogens is 3. The molecule has 3 rings (SSSR count). The van der Waals surface area contributed by atoms with Crippen LogP contribution in [-0.4, -0.2) is 44.4 Å². The fraction of sp³-hybridized carbons (Fsp3) is 0.471. The van der Waals surface area contributed by atoms with Crippen LogP contribution in [0.5, 0.6) is 0 Å². The van der Waals surface area contributed by atoms with Crippen LogP contribution in [0.15, 0.2) is 23.4 Å². The Labute approximate surface area is 141 Å². The molecule has 0 atom stereocenters. The van der Waals surface area contributed by atoms with E-state index in [4.69, 9.17) is 0 Å². The summed E-state index contributed by atoms with van der Waals surface area (Å²) in [6.45, 7) is 7.92. The number of amides is 1. The zero-order chi connectivity index (χ0) is 16.4. The third kappa shape index (κ3) is 3.42. The molecule has 0 bridgehead atoms. The summed E-state index contributed by atoms with van der Waals surface area (Å²) in [6.07, 6.45) is 2.24. The predicted octanol–water partition coefficient (Wildman–Crippen LogP) is 2.91. The number of carbonyl (C=O) groups excluding carboxylic acids is 1. The van der Waals surface area contributed by atoms with E-state index < -0.39 is 0 Å². The highest BCUT2D eigenvalue weighted by Gasteiger charge is 2.20. The first-order valence-electron chi connectivity index (χ1n) is 7.96. The summed E-state index contributed by atoms with van der Waals surface area (Å²) >= 11 is 1.47. The highest BCUT2D eigenvalue weighted by atomic mass is 32.2. The van der Waals surface area contributed by atoms with Gasteiger partial charge in [0.05, 0.1) is 5.75 Å². The van der Waals surface area contributed by atoms with Crippen molar-refractivity contribution in [2.75, 3.05) is 18.8 Å². The maximum atomic E-state index is 12.2. The molecule has 122 valence electrons. The molecule has 23 heavy (non-hydrogen) atoms. The normalized spacial score (nSPS) is 14.5.